The molecule has 0 bridgehead atoms. The highest BCUT2D eigenvalue weighted by molar-refractivity contribution is 5.73. The number of aryl methyl sites for hydroxylation is 1. The fourth-order valence-corrected chi connectivity index (χ4v) is 3.88. The van der Waals surface area contributed by atoms with E-state index < -0.39 is 12.1 Å². The molecule has 0 aliphatic rings. The second-order valence-corrected chi connectivity index (χ2v) is 8.57. The summed E-state index contributed by atoms with van der Waals surface area (Å²) in [6, 6.07) is 10.1. The van der Waals surface area contributed by atoms with E-state index in [-0.39, 0.29) is 12.5 Å². The minimum atomic E-state index is -0.979. The molecular formula is C27H44O5. The molecule has 0 radical (unpaired) electrons. The van der Waals surface area contributed by atoms with Crippen LogP contribution in [0, 0.1) is 5.92 Å². The number of carbonyl (C=O) groups is 2. The van der Waals surface area contributed by atoms with E-state index in [2.05, 4.69) is 28.7 Å². The van der Waals surface area contributed by atoms with Gasteiger partial charge in [-0.3, -0.25) is 0 Å². The molecule has 1 unspecified atom stereocenters. The Labute approximate surface area is 195 Å². The number of carbonyl (C=O) groups excluding carboxylic acids is 2. The first-order valence-electron chi connectivity index (χ1n) is 12.8. The van der Waals surface area contributed by atoms with Crippen LogP contribution in [0.5, 0.6) is 0 Å². The smallest absolute Gasteiger partial charge is 0.432 e. The van der Waals surface area contributed by atoms with Gasteiger partial charge in [0.05, 0.1) is 12.5 Å². The zero-order valence-electron chi connectivity index (χ0n) is 20.3. The van der Waals surface area contributed by atoms with E-state index in [0.29, 0.717) is 6.42 Å². The number of hydrogen-bond acceptors (Lipinski definition) is 5. The maximum Gasteiger partial charge on any atom is 0.549 e. The summed E-state index contributed by atoms with van der Waals surface area (Å²) in [6.07, 6.45) is 16.6. The fraction of sp³-hybridized carbons (Fsp3) is 0.704. The minimum Gasteiger partial charge on any atom is -0.432 e. The fourth-order valence-electron chi connectivity index (χ4n) is 3.88. The second kappa shape index (κ2) is 19.6. The lowest BCUT2D eigenvalue weighted by Gasteiger charge is -2.14. The van der Waals surface area contributed by atoms with Gasteiger partial charge in [0.1, 0.15) is 0 Å². The summed E-state index contributed by atoms with van der Waals surface area (Å²) in [5.41, 5.74) is 1.19. The van der Waals surface area contributed by atoms with Crippen molar-refractivity contribution in [2.24, 2.45) is 5.92 Å². The molecule has 0 spiro atoms. The normalized spacial score (nSPS) is 11.7. The second-order valence-electron chi connectivity index (χ2n) is 8.57. The molecule has 1 atom stereocenters. The Bertz CT molecular complexity index is 587. The first-order valence-corrected chi connectivity index (χ1v) is 12.8. The Hall–Kier alpha value is -2.04. The van der Waals surface area contributed by atoms with Gasteiger partial charge in [0.15, 0.2) is 0 Å². The average Bonchev–Trinajstić information content (AvgIpc) is 2.81. The average molecular weight is 449 g/mol. The number of benzene rings is 1. The van der Waals surface area contributed by atoms with Crippen LogP contribution in [0.2, 0.25) is 0 Å². The number of ether oxygens (including phenoxy) is 1. The minimum absolute atomic E-state index is 0.173. The Morgan fingerprint density at radius 3 is 1.84 bits per heavy atom. The van der Waals surface area contributed by atoms with Gasteiger partial charge in [0, 0.05) is 0 Å². The monoisotopic (exact) mass is 448 g/mol. The van der Waals surface area contributed by atoms with E-state index in [1.54, 1.807) is 6.92 Å². The van der Waals surface area contributed by atoms with E-state index in [4.69, 9.17) is 4.89 Å². The maximum absolute atomic E-state index is 12.5. The summed E-state index contributed by atoms with van der Waals surface area (Å²) in [7, 11) is 0. The molecule has 0 aromatic heterocycles. The van der Waals surface area contributed by atoms with Gasteiger partial charge in [-0.1, -0.05) is 114 Å². The Kier molecular flexibility index (Phi) is 17.2. The predicted molar refractivity (Wildman–Crippen MR) is 128 cm³/mol. The van der Waals surface area contributed by atoms with Crippen molar-refractivity contribution >= 4 is 12.1 Å². The van der Waals surface area contributed by atoms with Crippen molar-refractivity contribution in [2.45, 2.75) is 110 Å². The zero-order chi connectivity index (χ0) is 23.3. The Morgan fingerprint density at radius 1 is 0.719 bits per heavy atom. The van der Waals surface area contributed by atoms with Crippen LogP contribution in [0.25, 0.3) is 0 Å². The van der Waals surface area contributed by atoms with Gasteiger partial charge in [0.25, 0.3) is 0 Å². The molecule has 0 amide bonds. The number of hydrogen-bond donors (Lipinski definition) is 0. The van der Waals surface area contributed by atoms with Crippen LogP contribution in [-0.2, 0) is 25.7 Å². The van der Waals surface area contributed by atoms with Gasteiger partial charge >= 0.3 is 12.1 Å². The molecule has 5 nitrogen and oxygen atoms in total. The third-order valence-electron chi connectivity index (χ3n) is 5.82. The zero-order valence-corrected chi connectivity index (χ0v) is 20.3. The molecule has 0 heterocycles. The SMILES string of the molecule is CCCCCCCCCCCCCCC(CCc1ccccc1)C(=O)OOC(=O)OCC. The van der Waals surface area contributed by atoms with Gasteiger partial charge in [0.2, 0.25) is 0 Å². The molecule has 1 rings (SSSR count). The third-order valence-corrected chi connectivity index (χ3v) is 5.82. The molecule has 1 aromatic carbocycles. The van der Waals surface area contributed by atoms with Gasteiger partial charge in [-0.25, -0.2) is 14.6 Å². The van der Waals surface area contributed by atoms with Crippen molar-refractivity contribution in [2.75, 3.05) is 6.61 Å². The summed E-state index contributed by atoms with van der Waals surface area (Å²) in [5, 5.41) is 0. The first-order chi connectivity index (χ1) is 15.7. The van der Waals surface area contributed by atoms with E-state index in [9.17, 15) is 9.59 Å². The number of rotatable bonds is 18. The van der Waals surface area contributed by atoms with Crippen molar-refractivity contribution in [1.29, 1.82) is 0 Å². The molecule has 32 heavy (non-hydrogen) atoms. The Balaban J connectivity index is 2.25. The van der Waals surface area contributed by atoms with Crippen LogP contribution < -0.4 is 0 Å². The molecule has 0 saturated carbocycles. The van der Waals surface area contributed by atoms with Crippen molar-refractivity contribution < 1.29 is 24.1 Å². The molecular weight excluding hydrogens is 404 g/mol. The van der Waals surface area contributed by atoms with Crippen LogP contribution in [-0.4, -0.2) is 18.7 Å². The van der Waals surface area contributed by atoms with Crippen LogP contribution in [0.15, 0.2) is 30.3 Å². The molecule has 0 aliphatic carbocycles. The number of unbranched alkanes of at least 4 members (excludes halogenated alkanes) is 11. The standard InChI is InChI=1S/C27H44O5/c1-3-5-6-7-8-9-10-11-12-13-14-18-21-25(23-22-24-19-16-15-17-20-24)26(28)31-32-27(29)30-4-2/h15-17,19-20,25H,3-14,18,21-23H2,1-2H3. The highest BCUT2D eigenvalue weighted by atomic mass is 17.2. The highest BCUT2D eigenvalue weighted by Gasteiger charge is 2.22. The summed E-state index contributed by atoms with van der Waals surface area (Å²) < 4.78 is 4.64. The van der Waals surface area contributed by atoms with Crippen LogP contribution >= 0.6 is 0 Å². The van der Waals surface area contributed by atoms with E-state index in [1.165, 1.54) is 69.8 Å². The molecule has 5 heteroatoms. The summed E-state index contributed by atoms with van der Waals surface area (Å²) >= 11 is 0. The summed E-state index contributed by atoms with van der Waals surface area (Å²) in [6.45, 7) is 4.09. The van der Waals surface area contributed by atoms with Gasteiger partial charge in [-0.05, 0) is 31.7 Å². The predicted octanol–water partition coefficient (Wildman–Crippen LogP) is 7.96. The maximum atomic E-state index is 12.5. The topological polar surface area (TPSA) is 61.8 Å². The quantitative estimate of drug-likeness (QED) is 0.0986. The molecule has 0 N–H and O–H groups in total. The van der Waals surface area contributed by atoms with Crippen LogP contribution in [0.4, 0.5) is 4.79 Å². The lowest BCUT2D eigenvalue weighted by molar-refractivity contribution is -0.247. The van der Waals surface area contributed by atoms with Crippen molar-refractivity contribution in [3.05, 3.63) is 35.9 Å². The third kappa shape index (κ3) is 14.9. The van der Waals surface area contributed by atoms with Crippen LogP contribution in [0.3, 0.4) is 0 Å². The lowest BCUT2D eigenvalue weighted by atomic mass is 9.93. The van der Waals surface area contributed by atoms with Crippen LogP contribution in [0.1, 0.15) is 109 Å². The van der Waals surface area contributed by atoms with E-state index in [1.807, 2.05) is 18.2 Å². The van der Waals surface area contributed by atoms with E-state index in [0.717, 1.165) is 25.7 Å². The lowest BCUT2D eigenvalue weighted by Crippen LogP contribution is -2.21. The first kappa shape index (κ1) is 28.0. The Morgan fingerprint density at radius 2 is 1.28 bits per heavy atom. The molecule has 182 valence electrons. The van der Waals surface area contributed by atoms with E-state index >= 15 is 0 Å². The van der Waals surface area contributed by atoms with Crippen molar-refractivity contribution in [1.82, 2.24) is 0 Å². The van der Waals surface area contributed by atoms with Crippen molar-refractivity contribution in [3.8, 4) is 0 Å². The highest BCUT2D eigenvalue weighted by Crippen LogP contribution is 2.20. The molecule has 1 aromatic rings. The van der Waals surface area contributed by atoms with Gasteiger partial charge < -0.3 is 4.74 Å². The molecule has 0 fully saturated rings. The molecule has 0 aliphatic heterocycles. The summed E-state index contributed by atoms with van der Waals surface area (Å²) in [4.78, 5) is 33.0. The molecule has 0 saturated heterocycles. The van der Waals surface area contributed by atoms with Crippen molar-refractivity contribution in [3.63, 3.8) is 0 Å². The largest absolute Gasteiger partial charge is 0.549 e. The van der Waals surface area contributed by atoms with Gasteiger partial charge in [-0.15, -0.1) is 0 Å². The van der Waals surface area contributed by atoms with Gasteiger partial charge in [-0.2, -0.15) is 4.79 Å². The summed E-state index contributed by atoms with van der Waals surface area (Å²) in [5.74, 6) is -0.773.